The summed E-state index contributed by atoms with van der Waals surface area (Å²) in [6, 6.07) is 23.4. The minimum absolute atomic E-state index is 0.210. The maximum Gasteiger partial charge on any atom is 0.338 e. The van der Waals surface area contributed by atoms with E-state index in [0.29, 0.717) is 12.2 Å². The van der Waals surface area contributed by atoms with Crippen molar-refractivity contribution >= 4 is 27.7 Å². The molecule has 0 bridgehead atoms. The Bertz CT molecular complexity index is 1740. The number of rotatable bonds is 13. The number of unbranched alkanes of at least 4 members (excludes halogenated alkanes) is 7. The molecule has 0 aromatic heterocycles. The van der Waals surface area contributed by atoms with Gasteiger partial charge in [0.25, 0.3) is 0 Å². The number of phenolic OH excluding ortho intramolecular Hbond substituents is 1. The Hall–Kier alpha value is -4.12. The molecule has 3 aromatic carbocycles. The van der Waals surface area contributed by atoms with Crippen molar-refractivity contribution < 1.29 is 19.1 Å². The zero-order valence-electron chi connectivity index (χ0n) is 25.8. The number of phenols is 1. The number of esters is 1. The number of hydrogen-bond donors (Lipinski definition) is 1. The third-order valence-corrected chi connectivity index (χ3v) is 8.45. The average molecular weight is 579 g/mol. The van der Waals surface area contributed by atoms with E-state index in [1.165, 1.54) is 38.5 Å². The van der Waals surface area contributed by atoms with Gasteiger partial charge in [-0.15, -0.1) is 0 Å². The van der Waals surface area contributed by atoms with Gasteiger partial charge in [-0.25, -0.2) is 9.37 Å². The highest BCUT2D eigenvalue weighted by Gasteiger charge is 2.23. The second-order valence-electron chi connectivity index (χ2n) is 11.3. The molecule has 0 saturated carbocycles. The van der Waals surface area contributed by atoms with Crippen LogP contribution in [-0.2, 0) is 4.74 Å². The molecule has 5 nitrogen and oxygen atoms in total. The molecule has 0 fully saturated rings. The summed E-state index contributed by atoms with van der Waals surface area (Å²) in [5.41, 5.74) is 3.97. The lowest BCUT2D eigenvalue weighted by Crippen LogP contribution is -2.29. The number of benzene rings is 4. The Labute approximate surface area is 254 Å². The molecule has 5 rings (SSSR count). The average Bonchev–Trinajstić information content (AvgIpc) is 3.03. The van der Waals surface area contributed by atoms with E-state index < -0.39 is 0 Å². The molecule has 1 aliphatic carbocycles. The molecule has 0 spiro atoms. The standard InChI is InChI=1S/C38H43NO4/c1-4-7-8-9-10-11-12-15-24-42-38(41)32-17-14-13-16-31(32)36-33-22-19-28(39(5-2)6-3)26-35(33)43-37-30-23-20-29(40)25-27(30)18-21-34(36)37/h13-14,16-23,25-26H,4-12,15,24H2,1-3H3/p+1. The van der Waals surface area contributed by atoms with Gasteiger partial charge in [0, 0.05) is 28.0 Å². The maximum absolute atomic E-state index is 13.5. The van der Waals surface area contributed by atoms with Crippen LogP contribution in [0, 0.1) is 0 Å². The summed E-state index contributed by atoms with van der Waals surface area (Å²) in [6.45, 7) is 8.73. The van der Waals surface area contributed by atoms with E-state index in [4.69, 9.17) is 9.15 Å². The van der Waals surface area contributed by atoms with Crippen molar-refractivity contribution in [3.63, 3.8) is 0 Å². The third-order valence-electron chi connectivity index (χ3n) is 8.45. The molecule has 0 amide bonds. The lowest BCUT2D eigenvalue weighted by Gasteiger charge is -2.18. The highest BCUT2D eigenvalue weighted by atomic mass is 16.5. The van der Waals surface area contributed by atoms with Crippen LogP contribution in [0.5, 0.6) is 5.75 Å². The predicted molar refractivity (Wildman–Crippen MR) is 177 cm³/mol. The number of carbonyl (C=O) groups is 1. The van der Waals surface area contributed by atoms with Crippen LogP contribution in [0.25, 0.3) is 44.2 Å². The summed E-state index contributed by atoms with van der Waals surface area (Å²) in [5.74, 6) is 0.655. The SMILES string of the molecule is CCCCCCCCCCOC(=O)c1ccccc1-c1c2ccc(=[N+](CC)CC)cc-2oc2c1ccc1cc(O)ccc12. The fourth-order valence-electron chi connectivity index (χ4n) is 6.09. The summed E-state index contributed by atoms with van der Waals surface area (Å²) in [6.07, 6.45) is 9.57. The predicted octanol–water partition coefficient (Wildman–Crippen LogP) is 9.17. The van der Waals surface area contributed by atoms with Crippen LogP contribution in [0.3, 0.4) is 0 Å². The fraction of sp³-hybridized carbons (Fsp3) is 0.368. The Morgan fingerprint density at radius 1 is 0.767 bits per heavy atom. The van der Waals surface area contributed by atoms with E-state index in [1.807, 2.05) is 42.5 Å². The minimum Gasteiger partial charge on any atom is -0.508 e. The second-order valence-corrected chi connectivity index (χ2v) is 11.3. The van der Waals surface area contributed by atoms with Crippen LogP contribution in [0.15, 0.2) is 77.2 Å². The van der Waals surface area contributed by atoms with Crippen molar-refractivity contribution in [3.8, 4) is 28.2 Å². The van der Waals surface area contributed by atoms with E-state index in [9.17, 15) is 9.90 Å². The van der Waals surface area contributed by atoms with Gasteiger partial charge in [0.05, 0.1) is 18.2 Å². The monoisotopic (exact) mass is 578 g/mol. The third kappa shape index (κ3) is 6.77. The van der Waals surface area contributed by atoms with E-state index in [0.717, 1.165) is 75.5 Å². The van der Waals surface area contributed by atoms with Crippen LogP contribution in [0.1, 0.15) is 82.5 Å². The Morgan fingerprint density at radius 2 is 1.49 bits per heavy atom. The van der Waals surface area contributed by atoms with Gasteiger partial charge in [-0.1, -0.05) is 76.1 Å². The summed E-state index contributed by atoms with van der Waals surface area (Å²) in [4.78, 5) is 13.5. The number of nitrogens with zero attached hydrogens (tertiary/aromatic N) is 1. The molecule has 43 heavy (non-hydrogen) atoms. The first-order valence-electron chi connectivity index (χ1n) is 16.0. The number of aromatic hydroxyl groups is 1. The van der Waals surface area contributed by atoms with Gasteiger partial charge in [-0.2, -0.15) is 0 Å². The fourth-order valence-corrected chi connectivity index (χ4v) is 6.09. The minimum atomic E-state index is -0.300. The zero-order valence-corrected chi connectivity index (χ0v) is 25.8. The Balaban J connectivity index is 1.55. The van der Waals surface area contributed by atoms with E-state index >= 15 is 0 Å². The lowest BCUT2D eigenvalue weighted by molar-refractivity contribution is 0.0498. The quantitative estimate of drug-likeness (QED) is 0.0497. The van der Waals surface area contributed by atoms with Crippen molar-refractivity contribution in [2.24, 2.45) is 0 Å². The van der Waals surface area contributed by atoms with Crippen LogP contribution >= 0.6 is 0 Å². The molecule has 1 heterocycles. The Morgan fingerprint density at radius 3 is 2.26 bits per heavy atom. The van der Waals surface area contributed by atoms with Crippen LogP contribution in [0.2, 0.25) is 0 Å². The molecule has 0 radical (unpaired) electrons. The molecule has 2 aliphatic rings. The van der Waals surface area contributed by atoms with Crippen LogP contribution in [-0.4, -0.2) is 30.8 Å². The van der Waals surface area contributed by atoms with Crippen molar-refractivity contribution in [1.82, 2.24) is 4.58 Å². The molecule has 0 unspecified atom stereocenters. The van der Waals surface area contributed by atoms with E-state index in [-0.39, 0.29) is 11.7 Å². The summed E-state index contributed by atoms with van der Waals surface area (Å²) in [5, 5.41) is 13.9. The van der Waals surface area contributed by atoms with Gasteiger partial charge in [0.1, 0.15) is 30.2 Å². The molecule has 1 aliphatic heterocycles. The number of carbonyl (C=O) groups excluding carboxylic acids is 1. The lowest BCUT2D eigenvalue weighted by atomic mass is 9.90. The van der Waals surface area contributed by atoms with Gasteiger partial charge >= 0.3 is 5.97 Å². The summed E-state index contributed by atoms with van der Waals surface area (Å²) < 4.78 is 14.8. The molecular formula is C38H44NO4+. The molecule has 0 atom stereocenters. The Kier molecular flexibility index (Phi) is 10.1. The van der Waals surface area contributed by atoms with Crippen molar-refractivity contribution in [3.05, 3.63) is 83.7 Å². The first kappa shape index (κ1) is 30.3. The highest BCUT2D eigenvalue weighted by molar-refractivity contribution is 6.14. The first-order chi connectivity index (χ1) is 21.0. The summed E-state index contributed by atoms with van der Waals surface area (Å²) >= 11 is 0. The molecular weight excluding hydrogens is 534 g/mol. The van der Waals surface area contributed by atoms with Gasteiger partial charge < -0.3 is 14.3 Å². The first-order valence-corrected chi connectivity index (χ1v) is 16.0. The normalized spacial score (nSPS) is 11.4. The molecule has 3 aromatic rings. The number of hydrogen-bond acceptors (Lipinski definition) is 4. The van der Waals surface area contributed by atoms with Crippen molar-refractivity contribution in [2.75, 3.05) is 19.7 Å². The summed E-state index contributed by atoms with van der Waals surface area (Å²) in [7, 11) is 0. The molecule has 5 heteroatoms. The van der Waals surface area contributed by atoms with Crippen LogP contribution < -0.4 is 9.93 Å². The van der Waals surface area contributed by atoms with Gasteiger partial charge in [0.2, 0.25) is 5.36 Å². The van der Waals surface area contributed by atoms with Gasteiger partial charge in [0.15, 0.2) is 0 Å². The van der Waals surface area contributed by atoms with Gasteiger partial charge in [-0.3, -0.25) is 0 Å². The van der Waals surface area contributed by atoms with E-state index in [2.05, 4.69) is 43.5 Å². The number of fused-ring (bicyclic) bond motifs is 4. The molecule has 0 saturated heterocycles. The van der Waals surface area contributed by atoms with Crippen molar-refractivity contribution in [1.29, 1.82) is 0 Å². The van der Waals surface area contributed by atoms with Gasteiger partial charge in [-0.05, 0) is 67.6 Å². The molecule has 224 valence electrons. The zero-order chi connectivity index (χ0) is 30.2. The van der Waals surface area contributed by atoms with Crippen LogP contribution in [0.4, 0.5) is 0 Å². The second kappa shape index (κ2) is 14.4. The van der Waals surface area contributed by atoms with Crippen molar-refractivity contribution in [2.45, 2.75) is 72.1 Å². The molecule has 1 N–H and O–H groups in total. The maximum atomic E-state index is 13.5. The number of ether oxygens (including phenoxy) is 1. The highest BCUT2D eigenvalue weighted by Crippen LogP contribution is 2.43. The largest absolute Gasteiger partial charge is 0.508 e. The smallest absolute Gasteiger partial charge is 0.338 e. The van der Waals surface area contributed by atoms with E-state index in [1.54, 1.807) is 12.1 Å². The topological polar surface area (TPSA) is 62.7 Å².